The second-order valence-corrected chi connectivity index (χ2v) is 5.54. The largest absolute Gasteiger partial charge is 0.361 e. The van der Waals surface area contributed by atoms with Gasteiger partial charge in [-0.1, -0.05) is 18.2 Å². The molecule has 0 aliphatic rings. The first kappa shape index (κ1) is 13.0. The van der Waals surface area contributed by atoms with Gasteiger partial charge in [0.15, 0.2) is 0 Å². The van der Waals surface area contributed by atoms with Crippen LogP contribution in [0, 0.1) is 0 Å². The van der Waals surface area contributed by atoms with Crippen LogP contribution in [-0.2, 0) is 16.4 Å². The van der Waals surface area contributed by atoms with Crippen LogP contribution in [0.25, 0.3) is 10.9 Å². The lowest BCUT2D eigenvalue weighted by molar-refractivity contribution is 0.232. The van der Waals surface area contributed by atoms with Gasteiger partial charge >= 0.3 is 5.76 Å². The molecule has 2 rings (SSSR count). The van der Waals surface area contributed by atoms with Crippen molar-refractivity contribution >= 4 is 20.9 Å². The van der Waals surface area contributed by atoms with E-state index in [0.29, 0.717) is 6.42 Å². The van der Waals surface area contributed by atoms with E-state index in [-0.39, 0.29) is 6.54 Å². The molecule has 0 bridgehead atoms. The molecule has 0 amide bonds. The quantitative estimate of drug-likeness (QED) is 0.874. The Morgan fingerprint density at radius 1 is 1.28 bits per heavy atom. The van der Waals surface area contributed by atoms with Crippen LogP contribution in [-0.4, -0.2) is 25.7 Å². The fourth-order valence-corrected chi connectivity index (χ4v) is 2.24. The lowest BCUT2D eigenvalue weighted by Gasteiger charge is -2.04. The molecule has 0 aliphatic carbocycles. The highest BCUT2D eigenvalue weighted by Crippen LogP contribution is 2.17. The van der Waals surface area contributed by atoms with Crippen LogP contribution in [0.15, 0.2) is 30.5 Å². The minimum absolute atomic E-state index is 0.0471. The maximum absolute atomic E-state index is 12.1. The Morgan fingerprint density at radius 3 is 2.72 bits per heavy atom. The molecule has 2 N–H and O–H groups in total. The van der Waals surface area contributed by atoms with Gasteiger partial charge in [-0.2, -0.15) is 8.78 Å². The van der Waals surface area contributed by atoms with E-state index in [1.807, 2.05) is 29.0 Å². The lowest BCUT2D eigenvalue weighted by Crippen LogP contribution is -2.31. The van der Waals surface area contributed by atoms with Crippen LogP contribution in [0.4, 0.5) is 8.78 Å². The zero-order valence-electron chi connectivity index (χ0n) is 9.36. The number of alkyl halides is 2. The number of hydrogen-bond donors (Lipinski definition) is 2. The first-order chi connectivity index (χ1) is 8.50. The van der Waals surface area contributed by atoms with Gasteiger partial charge in [-0.25, -0.2) is 13.1 Å². The van der Waals surface area contributed by atoms with E-state index in [1.165, 1.54) is 0 Å². The molecular weight excluding hydrogens is 262 g/mol. The summed E-state index contributed by atoms with van der Waals surface area (Å²) in [7, 11) is -4.50. The molecule has 0 saturated carbocycles. The topological polar surface area (TPSA) is 62.0 Å². The Hall–Kier alpha value is -1.47. The molecule has 1 aromatic heterocycles. The van der Waals surface area contributed by atoms with E-state index in [0.717, 1.165) is 16.5 Å². The molecular formula is C11H12F2N2O2S. The van der Waals surface area contributed by atoms with Gasteiger partial charge in [-0.15, -0.1) is 0 Å². The van der Waals surface area contributed by atoms with E-state index >= 15 is 0 Å². The Kier molecular flexibility index (Phi) is 3.63. The van der Waals surface area contributed by atoms with Crippen molar-refractivity contribution in [3.8, 4) is 0 Å². The van der Waals surface area contributed by atoms with Crippen molar-refractivity contribution < 1.29 is 17.2 Å². The molecule has 1 heterocycles. The number of nitrogens with one attached hydrogen (secondary N) is 2. The third-order valence-corrected chi connectivity index (χ3v) is 3.68. The Labute approximate surface area is 103 Å². The molecule has 7 heteroatoms. The molecule has 0 saturated heterocycles. The molecule has 2 aromatic rings. The van der Waals surface area contributed by atoms with Crippen molar-refractivity contribution in [3.05, 3.63) is 36.0 Å². The van der Waals surface area contributed by atoms with E-state index in [9.17, 15) is 17.2 Å². The Morgan fingerprint density at radius 2 is 2.00 bits per heavy atom. The van der Waals surface area contributed by atoms with Crippen molar-refractivity contribution in [1.82, 2.24) is 9.71 Å². The van der Waals surface area contributed by atoms with Crippen molar-refractivity contribution in [2.75, 3.05) is 6.54 Å². The van der Waals surface area contributed by atoms with Gasteiger partial charge in [0.25, 0.3) is 10.0 Å². The minimum atomic E-state index is -4.50. The number of para-hydroxylation sites is 1. The predicted molar refractivity (Wildman–Crippen MR) is 64.9 cm³/mol. The molecule has 0 unspecified atom stereocenters. The maximum atomic E-state index is 12.1. The standard InChI is InChI=1S/C11H12F2N2O2S/c12-11(13)18(16,17)15-6-5-8-7-14-10-4-2-1-3-9(8)10/h1-4,7,11,14-15H,5-6H2. The summed E-state index contributed by atoms with van der Waals surface area (Å²) >= 11 is 0. The minimum Gasteiger partial charge on any atom is -0.361 e. The van der Waals surface area contributed by atoms with Crippen LogP contribution in [0.3, 0.4) is 0 Å². The summed E-state index contributed by atoms with van der Waals surface area (Å²) in [6, 6.07) is 7.52. The molecule has 1 aromatic carbocycles. The van der Waals surface area contributed by atoms with Gasteiger partial charge in [0.1, 0.15) is 0 Å². The first-order valence-electron chi connectivity index (χ1n) is 5.32. The predicted octanol–water partition coefficient (Wildman–Crippen LogP) is 1.85. The van der Waals surface area contributed by atoms with Gasteiger partial charge in [0, 0.05) is 23.6 Å². The monoisotopic (exact) mass is 274 g/mol. The summed E-state index contributed by atoms with van der Waals surface area (Å²) in [5, 5.41) is 0.966. The Bertz CT molecular complexity index is 637. The van der Waals surface area contributed by atoms with Gasteiger partial charge < -0.3 is 4.98 Å². The molecule has 0 spiro atoms. The fourth-order valence-electron chi connectivity index (χ4n) is 1.73. The maximum Gasteiger partial charge on any atom is 0.350 e. The molecule has 4 nitrogen and oxygen atoms in total. The van der Waals surface area contributed by atoms with Crippen molar-refractivity contribution in [3.63, 3.8) is 0 Å². The Balaban J connectivity index is 2.03. The number of aromatic nitrogens is 1. The number of sulfonamides is 1. The highest BCUT2D eigenvalue weighted by atomic mass is 32.2. The van der Waals surface area contributed by atoms with Gasteiger partial charge in [0.2, 0.25) is 0 Å². The van der Waals surface area contributed by atoms with Gasteiger partial charge in [-0.05, 0) is 18.1 Å². The van der Waals surface area contributed by atoms with Crippen LogP contribution in [0.2, 0.25) is 0 Å². The lowest BCUT2D eigenvalue weighted by atomic mass is 10.1. The SMILES string of the molecule is O=S(=O)(NCCc1c[nH]c2ccccc12)C(F)F. The fraction of sp³-hybridized carbons (Fsp3) is 0.273. The van der Waals surface area contributed by atoms with E-state index in [2.05, 4.69) is 4.98 Å². The highest BCUT2D eigenvalue weighted by Gasteiger charge is 2.22. The highest BCUT2D eigenvalue weighted by molar-refractivity contribution is 7.89. The average molecular weight is 274 g/mol. The van der Waals surface area contributed by atoms with Crippen LogP contribution >= 0.6 is 0 Å². The smallest absolute Gasteiger partial charge is 0.350 e. The molecule has 0 fully saturated rings. The third kappa shape index (κ3) is 2.68. The van der Waals surface area contributed by atoms with Crippen molar-refractivity contribution in [1.29, 1.82) is 0 Å². The summed E-state index contributed by atoms with van der Waals surface area (Å²) in [5.74, 6) is -3.39. The second-order valence-electron chi connectivity index (χ2n) is 3.81. The number of halogens is 2. The molecule has 0 radical (unpaired) electrons. The number of rotatable bonds is 5. The van der Waals surface area contributed by atoms with Crippen LogP contribution in [0.5, 0.6) is 0 Å². The summed E-state index contributed by atoms with van der Waals surface area (Å²) in [6.45, 7) is -0.0471. The van der Waals surface area contributed by atoms with Crippen LogP contribution < -0.4 is 4.72 Å². The zero-order chi connectivity index (χ0) is 13.2. The number of fused-ring (bicyclic) bond motifs is 1. The van der Waals surface area contributed by atoms with Gasteiger partial charge in [0.05, 0.1) is 0 Å². The molecule has 0 atom stereocenters. The third-order valence-electron chi connectivity index (χ3n) is 2.61. The average Bonchev–Trinajstić information content (AvgIpc) is 2.72. The van der Waals surface area contributed by atoms with E-state index < -0.39 is 15.8 Å². The second kappa shape index (κ2) is 5.03. The summed E-state index contributed by atoms with van der Waals surface area (Å²) in [4.78, 5) is 3.03. The van der Waals surface area contributed by atoms with Crippen LogP contribution in [0.1, 0.15) is 5.56 Å². The summed E-state index contributed by atoms with van der Waals surface area (Å²) in [5.41, 5.74) is 1.83. The van der Waals surface area contributed by atoms with E-state index in [1.54, 1.807) is 6.20 Å². The van der Waals surface area contributed by atoms with Crippen molar-refractivity contribution in [2.24, 2.45) is 0 Å². The normalized spacial score (nSPS) is 12.4. The molecule has 98 valence electrons. The first-order valence-corrected chi connectivity index (χ1v) is 6.87. The molecule has 18 heavy (non-hydrogen) atoms. The van der Waals surface area contributed by atoms with E-state index in [4.69, 9.17) is 0 Å². The van der Waals surface area contributed by atoms with Crippen molar-refractivity contribution in [2.45, 2.75) is 12.2 Å². The number of aromatic amines is 1. The number of benzene rings is 1. The summed E-state index contributed by atoms with van der Waals surface area (Å²) < 4.78 is 47.7. The number of hydrogen-bond acceptors (Lipinski definition) is 2. The molecule has 0 aliphatic heterocycles. The zero-order valence-corrected chi connectivity index (χ0v) is 10.2. The van der Waals surface area contributed by atoms with Gasteiger partial charge in [-0.3, -0.25) is 0 Å². The summed E-state index contributed by atoms with van der Waals surface area (Å²) in [6.07, 6.45) is 2.11. The number of H-pyrrole nitrogens is 1.